The minimum absolute atomic E-state index is 0.0444. The molecule has 1 heterocycles. The van der Waals surface area contributed by atoms with E-state index in [9.17, 15) is 14.7 Å². The van der Waals surface area contributed by atoms with Gasteiger partial charge in [0, 0.05) is 28.6 Å². The van der Waals surface area contributed by atoms with E-state index in [4.69, 9.17) is 21.1 Å². The molecule has 1 N–H and O–H groups in total. The third-order valence-electron chi connectivity index (χ3n) is 7.37. The first-order chi connectivity index (χ1) is 17.9. The smallest absolute Gasteiger partial charge is 0.246 e. The summed E-state index contributed by atoms with van der Waals surface area (Å²) in [5, 5.41) is 10.8. The Balaban J connectivity index is 1.87. The second-order valence-electron chi connectivity index (χ2n) is 9.09. The zero-order valence-corrected chi connectivity index (χ0v) is 21.2. The minimum atomic E-state index is -1.34. The van der Waals surface area contributed by atoms with E-state index in [2.05, 4.69) is 6.58 Å². The van der Waals surface area contributed by atoms with Crippen LogP contribution in [0.4, 0.5) is 5.69 Å². The van der Waals surface area contributed by atoms with E-state index in [0.717, 1.165) is 5.57 Å². The number of rotatable bonds is 6. The summed E-state index contributed by atoms with van der Waals surface area (Å²) in [6.45, 7) is 4.03. The molecule has 3 aromatic rings. The number of nitrogens with zero attached hydrogens (tertiary/aromatic N) is 1. The average molecular weight is 516 g/mol. The normalized spacial score (nSPS) is 22.9. The van der Waals surface area contributed by atoms with Crippen molar-refractivity contribution in [2.75, 3.05) is 19.1 Å². The van der Waals surface area contributed by atoms with Crippen molar-refractivity contribution < 1.29 is 24.2 Å². The molecule has 1 aliphatic heterocycles. The van der Waals surface area contributed by atoms with Gasteiger partial charge in [0.15, 0.2) is 0 Å². The first kappa shape index (κ1) is 24.7. The highest BCUT2D eigenvalue weighted by Gasteiger charge is 2.66. The summed E-state index contributed by atoms with van der Waals surface area (Å²) >= 11 is 6.26. The Kier molecular flexibility index (Phi) is 6.30. The third-order valence-corrected chi connectivity index (χ3v) is 7.61. The summed E-state index contributed by atoms with van der Waals surface area (Å²) in [6.07, 6.45) is 4.00. The second kappa shape index (κ2) is 9.45. The van der Waals surface area contributed by atoms with Gasteiger partial charge >= 0.3 is 0 Å². The van der Waals surface area contributed by atoms with Crippen molar-refractivity contribution in [1.82, 2.24) is 0 Å². The van der Waals surface area contributed by atoms with Crippen molar-refractivity contribution >= 4 is 29.1 Å². The van der Waals surface area contributed by atoms with Gasteiger partial charge in [0.25, 0.3) is 0 Å². The lowest BCUT2D eigenvalue weighted by Gasteiger charge is -2.43. The lowest BCUT2D eigenvalue weighted by molar-refractivity contribution is -0.123. The van der Waals surface area contributed by atoms with Crippen LogP contribution in [0.15, 0.2) is 91.0 Å². The topological polar surface area (TPSA) is 76.1 Å². The van der Waals surface area contributed by atoms with Gasteiger partial charge in [-0.05, 0) is 35.8 Å². The number of hydrogen-bond donors (Lipinski definition) is 1. The van der Waals surface area contributed by atoms with E-state index in [1.54, 1.807) is 30.3 Å². The number of anilines is 1. The Labute approximate surface area is 220 Å². The van der Waals surface area contributed by atoms with Crippen molar-refractivity contribution in [3.05, 3.63) is 107 Å². The third kappa shape index (κ3) is 3.63. The van der Waals surface area contributed by atoms with Crippen LogP contribution in [-0.2, 0) is 15.0 Å². The van der Waals surface area contributed by atoms with Gasteiger partial charge in [-0.3, -0.25) is 9.59 Å². The lowest BCUT2D eigenvalue weighted by Crippen LogP contribution is -2.48. The Hall–Kier alpha value is -4.03. The standard InChI is InChI=1S/C30H26ClNO5/c1-4-18-13-14-23-28(34)32(21-12-8-11-20(31)15-21)29(35)30(23,19-9-6-5-7-10-19)27(18)26-24(36-2)16-22(33)17-25(26)37-3/h4-13,15-17,23,27,33H,1,14H2,2-3H3/t23-,27+,30+/m0/s1. The van der Waals surface area contributed by atoms with Gasteiger partial charge in [-0.25, -0.2) is 4.90 Å². The molecule has 3 atom stereocenters. The number of ether oxygens (including phenoxy) is 2. The Morgan fingerprint density at radius 2 is 1.70 bits per heavy atom. The molecule has 0 radical (unpaired) electrons. The molecule has 0 saturated carbocycles. The van der Waals surface area contributed by atoms with E-state index in [0.29, 0.717) is 39.8 Å². The van der Waals surface area contributed by atoms with Crippen LogP contribution in [0.5, 0.6) is 17.2 Å². The fourth-order valence-corrected chi connectivity index (χ4v) is 6.09. The van der Waals surface area contributed by atoms with Crippen LogP contribution >= 0.6 is 11.6 Å². The molecule has 0 unspecified atom stereocenters. The van der Waals surface area contributed by atoms with Gasteiger partial charge in [-0.1, -0.05) is 66.7 Å². The molecule has 37 heavy (non-hydrogen) atoms. The second-order valence-corrected chi connectivity index (χ2v) is 9.52. The van der Waals surface area contributed by atoms with Crippen LogP contribution in [0.3, 0.4) is 0 Å². The monoisotopic (exact) mass is 515 g/mol. The van der Waals surface area contributed by atoms with Crippen LogP contribution < -0.4 is 14.4 Å². The molecule has 0 spiro atoms. The van der Waals surface area contributed by atoms with Crippen molar-refractivity contribution in [3.63, 3.8) is 0 Å². The molecule has 5 rings (SSSR count). The first-order valence-corrected chi connectivity index (χ1v) is 12.2. The number of phenolic OH excluding ortho intramolecular Hbond substituents is 1. The van der Waals surface area contributed by atoms with Crippen LogP contribution in [-0.4, -0.2) is 31.1 Å². The fraction of sp³-hybridized carbons (Fsp3) is 0.200. The maximum atomic E-state index is 14.8. The van der Waals surface area contributed by atoms with Crippen molar-refractivity contribution in [2.45, 2.75) is 17.8 Å². The number of carbonyl (C=O) groups is 2. The Bertz CT molecular complexity index is 1410. The summed E-state index contributed by atoms with van der Waals surface area (Å²) < 4.78 is 11.4. The number of benzene rings is 3. The summed E-state index contributed by atoms with van der Waals surface area (Å²) in [5.74, 6) is -1.45. The number of imide groups is 1. The molecule has 3 aromatic carbocycles. The summed E-state index contributed by atoms with van der Waals surface area (Å²) in [7, 11) is 2.98. The molecule has 1 saturated heterocycles. The number of allylic oxidation sites excluding steroid dienone is 3. The summed E-state index contributed by atoms with van der Waals surface area (Å²) in [5.41, 5.74) is 1.08. The Morgan fingerprint density at radius 1 is 1.03 bits per heavy atom. The molecular formula is C30H26ClNO5. The van der Waals surface area contributed by atoms with Gasteiger partial charge in [0.05, 0.1) is 31.2 Å². The fourth-order valence-electron chi connectivity index (χ4n) is 5.90. The summed E-state index contributed by atoms with van der Waals surface area (Å²) in [4.78, 5) is 30.1. The summed E-state index contributed by atoms with van der Waals surface area (Å²) in [6, 6.07) is 19.0. The van der Waals surface area contributed by atoms with E-state index in [-0.39, 0.29) is 17.6 Å². The van der Waals surface area contributed by atoms with Crippen LogP contribution in [0.2, 0.25) is 5.02 Å². The van der Waals surface area contributed by atoms with E-state index in [1.165, 1.54) is 31.3 Å². The molecule has 188 valence electrons. The zero-order chi connectivity index (χ0) is 26.3. The number of methoxy groups -OCH3 is 2. The van der Waals surface area contributed by atoms with Crippen molar-refractivity contribution in [3.8, 4) is 17.2 Å². The van der Waals surface area contributed by atoms with Crippen molar-refractivity contribution in [1.29, 1.82) is 0 Å². The predicted molar refractivity (Wildman–Crippen MR) is 142 cm³/mol. The van der Waals surface area contributed by atoms with Gasteiger partial charge in [0.1, 0.15) is 17.2 Å². The molecular weight excluding hydrogens is 490 g/mol. The van der Waals surface area contributed by atoms with Crippen LogP contribution in [0, 0.1) is 5.92 Å². The minimum Gasteiger partial charge on any atom is -0.508 e. The predicted octanol–water partition coefficient (Wildman–Crippen LogP) is 5.79. The van der Waals surface area contributed by atoms with E-state index in [1.807, 2.05) is 36.4 Å². The zero-order valence-electron chi connectivity index (χ0n) is 20.5. The number of hydrogen-bond acceptors (Lipinski definition) is 5. The highest BCUT2D eigenvalue weighted by Crippen LogP contribution is 2.61. The Morgan fingerprint density at radius 3 is 2.30 bits per heavy atom. The maximum Gasteiger partial charge on any atom is 0.246 e. The highest BCUT2D eigenvalue weighted by atomic mass is 35.5. The van der Waals surface area contributed by atoms with Gasteiger partial charge < -0.3 is 14.6 Å². The lowest BCUT2D eigenvalue weighted by atomic mass is 9.55. The number of phenols is 1. The molecule has 6 nitrogen and oxygen atoms in total. The average Bonchev–Trinajstić information content (AvgIpc) is 3.15. The highest BCUT2D eigenvalue weighted by molar-refractivity contribution is 6.32. The van der Waals surface area contributed by atoms with E-state index >= 15 is 0 Å². The molecule has 1 aliphatic carbocycles. The largest absolute Gasteiger partial charge is 0.508 e. The molecule has 7 heteroatoms. The van der Waals surface area contributed by atoms with Crippen molar-refractivity contribution in [2.24, 2.45) is 5.92 Å². The van der Waals surface area contributed by atoms with Gasteiger partial charge in [0.2, 0.25) is 11.8 Å². The number of aromatic hydroxyl groups is 1. The molecule has 1 fully saturated rings. The molecule has 2 aliphatic rings. The maximum absolute atomic E-state index is 14.8. The quantitative estimate of drug-likeness (QED) is 0.420. The van der Waals surface area contributed by atoms with Crippen LogP contribution in [0.1, 0.15) is 23.5 Å². The SMILES string of the molecule is C=CC1=CC[C@H]2C(=O)N(c3cccc(Cl)c3)C(=O)[C@@]2(c2ccccc2)[C@H]1c1c(OC)cc(O)cc1OC. The number of amides is 2. The number of fused-ring (bicyclic) bond motifs is 1. The molecule has 0 aromatic heterocycles. The van der Waals surface area contributed by atoms with Crippen LogP contribution in [0.25, 0.3) is 0 Å². The van der Waals surface area contributed by atoms with E-state index < -0.39 is 17.3 Å². The molecule has 2 amide bonds. The van der Waals surface area contributed by atoms with Gasteiger partial charge in [-0.2, -0.15) is 0 Å². The molecule has 0 bridgehead atoms. The van der Waals surface area contributed by atoms with Gasteiger partial charge in [-0.15, -0.1) is 0 Å². The number of carbonyl (C=O) groups excluding carboxylic acids is 2. The first-order valence-electron chi connectivity index (χ1n) is 11.8. The number of halogens is 1.